The lowest BCUT2D eigenvalue weighted by molar-refractivity contribution is 0.613. The van der Waals surface area contributed by atoms with E-state index < -0.39 is 0 Å². The SMILES string of the molecule is Cc1cc(-c2ccc(-c3ccc(CCCCCCCc4cc(C)c(-c5ccc(-c6ccccc6)cc5)c(C)c4)cc3C)cc2)ccc1N. The molecule has 0 aromatic heterocycles. The highest BCUT2D eigenvalue weighted by molar-refractivity contribution is 5.75. The Morgan fingerprint density at radius 3 is 1.50 bits per heavy atom. The third-order valence-corrected chi connectivity index (χ3v) is 9.89. The van der Waals surface area contributed by atoms with Gasteiger partial charge in [-0.05, 0) is 143 Å². The van der Waals surface area contributed by atoms with E-state index in [-0.39, 0.29) is 0 Å². The third-order valence-electron chi connectivity index (χ3n) is 9.89. The standard InChI is InChI=1S/C47H49N/c1-33-29-37(17-27-45(33)42-22-18-41(19-23-42)44-26-28-46(48)34(2)32-44)13-9-6-5-7-10-14-38-30-35(3)47(36(4)31-38)43-24-20-40(21-25-43)39-15-11-8-12-16-39/h8,11-12,15-32H,5-7,9-10,13-14,48H2,1-4H3. The van der Waals surface area contributed by atoms with Crippen LogP contribution in [0.1, 0.15) is 65.5 Å². The van der Waals surface area contributed by atoms with E-state index in [1.807, 2.05) is 6.07 Å². The largest absolute Gasteiger partial charge is 0.399 e. The van der Waals surface area contributed by atoms with Gasteiger partial charge in [0.05, 0.1) is 0 Å². The molecule has 0 radical (unpaired) electrons. The van der Waals surface area contributed by atoms with E-state index in [0.29, 0.717) is 0 Å². The summed E-state index contributed by atoms with van der Waals surface area (Å²) in [7, 11) is 0. The smallest absolute Gasteiger partial charge is 0.0344 e. The average molecular weight is 628 g/mol. The van der Waals surface area contributed by atoms with Crippen LogP contribution in [0.15, 0.2) is 127 Å². The van der Waals surface area contributed by atoms with Crippen molar-refractivity contribution in [1.29, 1.82) is 0 Å². The van der Waals surface area contributed by atoms with Crippen LogP contribution in [0, 0.1) is 27.7 Å². The Hall–Kier alpha value is -4.88. The van der Waals surface area contributed by atoms with E-state index in [9.17, 15) is 0 Å². The maximum absolute atomic E-state index is 6.01. The van der Waals surface area contributed by atoms with Gasteiger partial charge in [-0.1, -0.05) is 135 Å². The summed E-state index contributed by atoms with van der Waals surface area (Å²) >= 11 is 0. The minimum absolute atomic E-state index is 0.843. The molecule has 0 bridgehead atoms. The number of hydrogen-bond donors (Lipinski definition) is 1. The van der Waals surface area contributed by atoms with Gasteiger partial charge in [0.25, 0.3) is 0 Å². The van der Waals surface area contributed by atoms with E-state index >= 15 is 0 Å². The minimum atomic E-state index is 0.843. The maximum atomic E-state index is 6.01. The zero-order valence-corrected chi connectivity index (χ0v) is 29.2. The number of hydrogen-bond acceptors (Lipinski definition) is 1. The lowest BCUT2D eigenvalue weighted by Gasteiger charge is -2.14. The Kier molecular flexibility index (Phi) is 10.6. The van der Waals surface area contributed by atoms with Crippen molar-refractivity contribution in [2.75, 3.05) is 5.73 Å². The molecule has 0 fully saturated rings. The molecule has 0 unspecified atom stereocenters. The fourth-order valence-corrected chi connectivity index (χ4v) is 7.20. The first-order valence-corrected chi connectivity index (χ1v) is 17.7. The van der Waals surface area contributed by atoms with Gasteiger partial charge in [-0.3, -0.25) is 0 Å². The molecule has 0 aliphatic heterocycles. The first-order chi connectivity index (χ1) is 23.4. The predicted octanol–water partition coefficient (Wildman–Crippen LogP) is 12.9. The molecular formula is C47H49N. The molecule has 0 aliphatic rings. The van der Waals surface area contributed by atoms with Crippen LogP contribution >= 0.6 is 0 Å². The first-order valence-electron chi connectivity index (χ1n) is 17.7. The molecule has 242 valence electrons. The molecule has 6 aromatic carbocycles. The van der Waals surface area contributed by atoms with Crippen molar-refractivity contribution < 1.29 is 0 Å². The number of nitrogens with two attached hydrogens (primary N) is 1. The monoisotopic (exact) mass is 627 g/mol. The normalized spacial score (nSPS) is 11.2. The number of anilines is 1. The van der Waals surface area contributed by atoms with Crippen molar-refractivity contribution in [2.24, 2.45) is 0 Å². The molecule has 2 N–H and O–H groups in total. The van der Waals surface area contributed by atoms with E-state index in [1.165, 1.54) is 104 Å². The summed E-state index contributed by atoms with van der Waals surface area (Å²) in [6.45, 7) is 8.84. The summed E-state index contributed by atoms with van der Waals surface area (Å²) < 4.78 is 0. The molecule has 6 aromatic rings. The Morgan fingerprint density at radius 2 is 0.875 bits per heavy atom. The van der Waals surface area contributed by atoms with Gasteiger partial charge < -0.3 is 5.73 Å². The topological polar surface area (TPSA) is 26.0 Å². The average Bonchev–Trinajstić information content (AvgIpc) is 3.10. The number of unbranched alkanes of at least 4 members (excludes halogenated alkanes) is 4. The molecule has 0 heterocycles. The van der Waals surface area contributed by atoms with Crippen LogP contribution in [0.3, 0.4) is 0 Å². The first kappa shape index (κ1) is 33.0. The lowest BCUT2D eigenvalue weighted by Crippen LogP contribution is -1.94. The fraction of sp³-hybridized carbons (Fsp3) is 0.234. The van der Waals surface area contributed by atoms with Gasteiger partial charge in [0, 0.05) is 5.69 Å². The Bertz CT molecular complexity index is 1940. The Morgan fingerprint density at radius 1 is 0.375 bits per heavy atom. The van der Waals surface area contributed by atoms with Crippen molar-refractivity contribution in [3.8, 4) is 44.5 Å². The van der Waals surface area contributed by atoms with Gasteiger partial charge in [0.2, 0.25) is 0 Å². The van der Waals surface area contributed by atoms with Crippen molar-refractivity contribution in [2.45, 2.75) is 72.6 Å². The highest BCUT2D eigenvalue weighted by Crippen LogP contribution is 2.32. The second-order valence-electron chi connectivity index (χ2n) is 13.6. The summed E-state index contributed by atoms with van der Waals surface area (Å²) in [6.07, 6.45) is 8.73. The molecule has 0 spiro atoms. The van der Waals surface area contributed by atoms with Crippen LogP contribution in [0.5, 0.6) is 0 Å². The van der Waals surface area contributed by atoms with E-state index in [0.717, 1.165) is 24.1 Å². The summed E-state index contributed by atoms with van der Waals surface area (Å²) in [5, 5.41) is 0. The zero-order valence-electron chi connectivity index (χ0n) is 29.2. The molecule has 0 amide bonds. The lowest BCUT2D eigenvalue weighted by atomic mass is 9.91. The van der Waals surface area contributed by atoms with Crippen LogP contribution in [0.2, 0.25) is 0 Å². The fourth-order valence-electron chi connectivity index (χ4n) is 7.20. The van der Waals surface area contributed by atoms with Crippen molar-refractivity contribution in [1.82, 2.24) is 0 Å². The van der Waals surface area contributed by atoms with Crippen LogP contribution in [0.25, 0.3) is 44.5 Å². The molecule has 48 heavy (non-hydrogen) atoms. The van der Waals surface area contributed by atoms with E-state index in [1.54, 1.807) is 0 Å². The number of benzene rings is 6. The summed E-state index contributed by atoms with van der Waals surface area (Å²) in [6, 6.07) is 46.7. The van der Waals surface area contributed by atoms with Gasteiger partial charge in [-0.25, -0.2) is 0 Å². The Balaban J connectivity index is 0.945. The number of rotatable bonds is 12. The Labute approximate surface area is 288 Å². The van der Waals surface area contributed by atoms with Gasteiger partial charge in [-0.2, -0.15) is 0 Å². The second-order valence-corrected chi connectivity index (χ2v) is 13.6. The van der Waals surface area contributed by atoms with Crippen molar-refractivity contribution >= 4 is 5.69 Å². The quantitative estimate of drug-likeness (QED) is 0.106. The molecule has 0 aliphatic carbocycles. The predicted molar refractivity (Wildman–Crippen MR) is 208 cm³/mol. The molecular weight excluding hydrogens is 579 g/mol. The van der Waals surface area contributed by atoms with Crippen LogP contribution in [-0.2, 0) is 12.8 Å². The van der Waals surface area contributed by atoms with E-state index in [2.05, 4.69) is 149 Å². The van der Waals surface area contributed by atoms with Crippen molar-refractivity contribution in [3.63, 3.8) is 0 Å². The highest BCUT2D eigenvalue weighted by Gasteiger charge is 2.10. The highest BCUT2D eigenvalue weighted by atomic mass is 14.5. The van der Waals surface area contributed by atoms with Crippen LogP contribution in [-0.4, -0.2) is 0 Å². The van der Waals surface area contributed by atoms with Crippen LogP contribution < -0.4 is 5.73 Å². The molecule has 1 nitrogen and oxygen atoms in total. The van der Waals surface area contributed by atoms with Gasteiger partial charge in [0.1, 0.15) is 0 Å². The van der Waals surface area contributed by atoms with Gasteiger partial charge in [0.15, 0.2) is 0 Å². The molecule has 1 heteroatoms. The summed E-state index contributed by atoms with van der Waals surface area (Å²) in [5.74, 6) is 0. The zero-order chi connectivity index (χ0) is 33.5. The molecule has 6 rings (SSSR count). The number of nitrogen functional groups attached to an aromatic ring is 1. The molecule has 0 saturated heterocycles. The maximum Gasteiger partial charge on any atom is 0.0344 e. The third kappa shape index (κ3) is 7.97. The summed E-state index contributed by atoms with van der Waals surface area (Å²) in [5.41, 5.74) is 25.2. The van der Waals surface area contributed by atoms with Gasteiger partial charge >= 0.3 is 0 Å². The van der Waals surface area contributed by atoms with Crippen molar-refractivity contribution in [3.05, 3.63) is 161 Å². The molecule has 0 saturated carbocycles. The van der Waals surface area contributed by atoms with E-state index in [4.69, 9.17) is 5.73 Å². The number of aryl methyl sites for hydroxylation is 6. The van der Waals surface area contributed by atoms with Crippen LogP contribution in [0.4, 0.5) is 5.69 Å². The summed E-state index contributed by atoms with van der Waals surface area (Å²) in [4.78, 5) is 0. The van der Waals surface area contributed by atoms with Gasteiger partial charge in [-0.15, -0.1) is 0 Å². The minimum Gasteiger partial charge on any atom is -0.399 e. The molecule has 0 atom stereocenters. The second kappa shape index (κ2) is 15.3.